The van der Waals surface area contributed by atoms with E-state index in [4.69, 9.17) is 9.47 Å². The van der Waals surface area contributed by atoms with Gasteiger partial charge in [-0.1, -0.05) is 0 Å². The summed E-state index contributed by atoms with van der Waals surface area (Å²) in [7, 11) is 0. The summed E-state index contributed by atoms with van der Waals surface area (Å²) >= 11 is 0. The summed E-state index contributed by atoms with van der Waals surface area (Å²) in [6, 6.07) is 7.10. The van der Waals surface area contributed by atoms with Gasteiger partial charge in [0, 0.05) is 25.0 Å². The fourth-order valence-corrected chi connectivity index (χ4v) is 2.89. The molecule has 1 atom stereocenters. The zero-order valence-corrected chi connectivity index (χ0v) is 15.1. The van der Waals surface area contributed by atoms with Gasteiger partial charge in [-0.05, 0) is 50.5 Å². The van der Waals surface area contributed by atoms with Gasteiger partial charge in [0.25, 0.3) is 0 Å². The number of nitrogens with zero attached hydrogens (tertiary/aromatic N) is 2. The van der Waals surface area contributed by atoms with Crippen molar-refractivity contribution in [2.75, 3.05) is 18.5 Å². The molecule has 1 fully saturated rings. The molecule has 1 saturated heterocycles. The molecule has 1 aliphatic rings. The van der Waals surface area contributed by atoms with Gasteiger partial charge in [-0.25, -0.2) is 9.78 Å². The molecule has 0 radical (unpaired) electrons. The first-order valence-corrected chi connectivity index (χ1v) is 9.13. The van der Waals surface area contributed by atoms with Crippen molar-refractivity contribution in [2.24, 2.45) is 0 Å². The number of hydrogen-bond acceptors (Lipinski definition) is 4. The van der Waals surface area contributed by atoms with Crippen LogP contribution in [0.1, 0.15) is 31.9 Å². The monoisotopic (exact) mass is 358 g/mol. The number of hydrogen-bond donors (Lipinski definition) is 2. The topological polar surface area (TPSA) is 77.4 Å². The first-order chi connectivity index (χ1) is 12.7. The fourth-order valence-electron chi connectivity index (χ4n) is 2.89. The number of carbonyl (C=O) groups excluding carboxylic acids is 1. The van der Waals surface area contributed by atoms with Crippen molar-refractivity contribution in [3.05, 3.63) is 42.5 Å². The molecule has 2 heterocycles. The molecule has 1 aromatic carbocycles. The summed E-state index contributed by atoms with van der Waals surface area (Å²) in [5, 5.41) is 5.65. The van der Waals surface area contributed by atoms with E-state index < -0.39 is 0 Å². The minimum absolute atomic E-state index is 0.184. The van der Waals surface area contributed by atoms with Crippen molar-refractivity contribution in [1.82, 2.24) is 14.9 Å². The van der Waals surface area contributed by atoms with Gasteiger partial charge in [-0.2, -0.15) is 0 Å². The van der Waals surface area contributed by atoms with Gasteiger partial charge in [0.15, 0.2) is 0 Å². The highest BCUT2D eigenvalue weighted by atomic mass is 16.5. The lowest BCUT2D eigenvalue weighted by atomic mass is 10.1. The van der Waals surface area contributed by atoms with Crippen LogP contribution in [-0.4, -0.2) is 34.9 Å². The van der Waals surface area contributed by atoms with E-state index in [9.17, 15) is 4.79 Å². The maximum absolute atomic E-state index is 12.0. The predicted molar refractivity (Wildman–Crippen MR) is 99.3 cm³/mol. The molecule has 0 saturated carbocycles. The standard InChI is InChI=1S/C19H26N4O3/c1-2-23-14-20-11-16(23)12-21-19(24)22-15-6-8-17(9-7-15)26-13-18-5-3-4-10-25-18/h6-9,11,14,18H,2-5,10,12-13H2,1H3,(H2,21,22,24). The number of urea groups is 1. The van der Waals surface area contributed by atoms with Crippen LogP contribution in [0.15, 0.2) is 36.8 Å². The molecule has 7 heteroatoms. The second kappa shape index (κ2) is 9.24. The van der Waals surface area contributed by atoms with E-state index in [1.807, 2.05) is 35.8 Å². The number of ether oxygens (including phenoxy) is 2. The number of carbonyl (C=O) groups is 1. The number of nitrogens with one attached hydrogen (secondary N) is 2. The molecule has 0 aliphatic carbocycles. The number of benzene rings is 1. The van der Waals surface area contributed by atoms with E-state index in [0.29, 0.717) is 18.8 Å². The Bertz CT molecular complexity index is 693. The minimum atomic E-state index is -0.252. The number of amides is 2. The Morgan fingerprint density at radius 2 is 2.19 bits per heavy atom. The molecule has 2 amide bonds. The highest BCUT2D eigenvalue weighted by molar-refractivity contribution is 5.89. The number of anilines is 1. The molecule has 0 spiro atoms. The number of aromatic nitrogens is 2. The molecular weight excluding hydrogens is 332 g/mol. The van der Waals surface area contributed by atoms with Gasteiger partial charge >= 0.3 is 6.03 Å². The maximum atomic E-state index is 12.0. The molecule has 1 unspecified atom stereocenters. The lowest BCUT2D eigenvalue weighted by molar-refractivity contribution is -0.0110. The molecule has 0 bridgehead atoms. The van der Waals surface area contributed by atoms with Crippen LogP contribution in [0.3, 0.4) is 0 Å². The summed E-state index contributed by atoms with van der Waals surface area (Å²) in [6.07, 6.45) is 7.09. The van der Waals surface area contributed by atoms with Gasteiger partial charge in [0.1, 0.15) is 12.4 Å². The van der Waals surface area contributed by atoms with Crippen LogP contribution in [-0.2, 0) is 17.8 Å². The van der Waals surface area contributed by atoms with Crippen molar-refractivity contribution >= 4 is 11.7 Å². The quantitative estimate of drug-likeness (QED) is 0.797. The van der Waals surface area contributed by atoms with Crippen molar-refractivity contribution in [3.63, 3.8) is 0 Å². The van der Waals surface area contributed by atoms with Crippen molar-refractivity contribution in [1.29, 1.82) is 0 Å². The SMILES string of the molecule is CCn1cncc1CNC(=O)Nc1ccc(OCC2CCCCO2)cc1. The van der Waals surface area contributed by atoms with E-state index in [1.165, 1.54) is 6.42 Å². The lowest BCUT2D eigenvalue weighted by Crippen LogP contribution is -2.29. The van der Waals surface area contributed by atoms with Crippen LogP contribution in [0, 0.1) is 0 Å². The van der Waals surface area contributed by atoms with Crippen LogP contribution in [0.25, 0.3) is 0 Å². The van der Waals surface area contributed by atoms with Gasteiger partial charge in [0.2, 0.25) is 0 Å². The van der Waals surface area contributed by atoms with Crippen LogP contribution < -0.4 is 15.4 Å². The normalized spacial score (nSPS) is 16.9. The summed E-state index contributed by atoms with van der Waals surface area (Å²) in [6.45, 7) is 4.69. The van der Waals surface area contributed by atoms with E-state index in [-0.39, 0.29) is 12.1 Å². The third-order valence-electron chi connectivity index (χ3n) is 4.39. The lowest BCUT2D eigenvalue weighted by Gasteiger charge is -2.22. The molecule has 2 aromatic rings. The Hall–Kier alpha value is -2.54. The van der Waals surface area contributed by atoms with Crippen LogP contribution in [0.2, 0.25) is 0 Å². The molecular formula is C19H26N4O3. The third kappa shape index (κ3) is 5.23. The van der Waals surface area contributed by atoms with Crippen LogP contribution >= 0.6 is 0 Å². The smallest absolute Gasteiger partial charge is 0.319 e. The maximum Gasteiger partial charge on any atom is 0.319 e. The largest absolute Gasteiger partial charge is 0.491 e. The Balaban J connectivity index is 1.42. The molecule has 26 heavy (non-hydrogen) atoms. The summed E-state index contributed by atoms with van der Waals surface area (Å²) in [5.74, 6) is 0.775. The number of aryl methyl sites for hydroxylation is 1. The van der Waals surface area contributed by atoms with Crippen molar-refractivity contribution in [2.45, 2.75) is 45.4 Å². The van der Waals surface area contributed by atoms with Crippen molar-refractivity contribution < 1.29 is 14.3 Å². The molecule has 2 N–H and O–H groups in total. The third-order valence-corrected chi connectivity index (χ3v) is 4.39. The van der Waals surface area contributed by atoms with E-state index in [0.717, 1.165) is 37.4 Å². The Kier molecular flexibility index (Phi) is 6.49. The highest BCUT2D eigenvalue weighted by Gasteiger charge is 2.14. The van der Waals surface area contributed by atoms with Crippen LogP contribution in [0.5, 0.6) is 5.75 Å². The van der Waals surface area contributed by atoms with Gasteiger partial charge in [-0.15, -0.1) is 0 Å². The van der Waals surface area contributed by atoms with Gasteiger partial charge < -0.3 is 24.7 Å². The zero-order chi connectivity index (χ0) is 18.2. The van der Waals surface area contributed by atoms with Crippen LogP contribution in [0.4, 0.5) is 10.5 Å². The minimum Gasteiger partial charge on any atom is -0.491 e. The highest BCUT2D eigenvalue weighted by Crippen LogP contribution is 2.18. The summed E-state index contributed by atoms with van der Waals surface area (Å²) in [5.41, 5.74) is 1.68. The molecule has 1 aromatic heterocycles. The fraction of sp³-hybridized carbons (Fsp3) is 0.474. The second-order valence-corrected chi connectivity index (χ2v) is 6.30. The number of rotatable bonds is 7. The van der Waals surface area contributed by atoms with E-state index in [1.54, 1.807) is 12.5 Å². The Morgan fingerprint density at radius 3 is 2.92 bits per heavy atom. The van der Waals surface area contributed by atoms with E-state index >= 15 is 0 Å². The first-order valence-electron chi connectivity index (χ1n) is 9.13. The average molecular weight is 358 g/mol. The number of imidazole rings is 1. The second-order valence-electron chi connectivity index (χ2n) is 6.30. The Morgan fingerprint density at radius 1 is 1.35 bits per heavy atom. The molecule has 3 rings (SSSR count). The molecule has 7 nitrogen and oxygen atoms in total. The average Bonchev–Trinajstić information content (AvgIpc) is 3.14. The molecule has 140 valence electrons. The van der Waals surface area contributed by atoms with Gasteiger partial charge in [-0.3, -0.25) is 0 Å². The Labute approximate surface area is 153 Å². The van der Waals surface area contributed by atoms with Crippen molar-refractivity contribution in [3.8, 4) is 5.75 Å². The van der Waals surface area contributed by atoms with E-state index in [2.05, 4.69) is 15.6 Å². The zero-order valence-electron chi connectivity index (χ0n) is 15.1. The summed E-state index contributed by atoms with van der Waals surface area (Å²) < 4.78 is 13.4. The molecule has 1 aliphatic heterocycles. The van der Waals surface area contributed by atoms with Gasteiger partial charge in [0.05, 0.1) is 24.7 Å². The summed E-state index contributed by atoms with van der Waals surface area (Å²) in [4.78, 5) is 16.1. The first kappa shape index (κ1) is 18.3. The predicted octanol–water partition coefficient (Wildman–Crippen LogP) is 3.17.